The minimum Gasteiger partial charge on any atom is -0.478 e. The van der Waals surface area contributed by atoms with Crippen LogP contribution in [0.2, 0.25) is 0 Å². The van der Waals surface area contributed by atoms with Crippen molar-refractivity contribution in [2.24, 2.45) is 0 Å². The Bertz CT molecular complexity index is 430. The second kappa shape index (κ2) is 6.28. The van der Waals surface area contributed by atoms with E-state index < -0.39 is 5.97 Å². The molecule has 0 saturated heterocycles. The molecule has 1 aromatic rings. The van der Waals surface area contributed by atoms with Crippen LogP contribution >= 0.6 is 0 Å². The van der Waals surface area contributed by atoms with Gasteiger partial charge in [-0.25, -0.2) is 4.79 Å². The van der Waals surface area contributed by atoms with E-state index in [1.54, 1.807) is 6.07 Å². The van der Waals surface area contributed by atoms with Crippen molar-refractivity contribution in [2.75, 3.05) is 24.2 Å². The summed E-state index contributed by atoms with van der Waals surface area (Å²) in [7, 11) is 1.98. The number of aromatic carboxylic acids is 1. The summed E-state index contributed by atoms with van der Waals surface area (Å²) in [5, 5.41) is 9.11. The van der Waals surface area contributed by atoms with Crippen LogP contribution in [-0.2, 0) is 0 Å². The quantitative estimate of drug-likeness (QED) is 0.602. The van der Waals surface area contributed by atoms with Gasteiger partial charge in [-0.3, -0.25) is 0 Å². The summed E-state index contributed by atoms with van der Waals surface area (Å²) >= 11 is 0. The first kappa shape index (κ1) is 14.4. The van der Waals surface area contributed by atoms with Crippen molar-refractivity contribution in [3.05, 3.63) is 23.3 Å². The van der Waals surface area contributed by atoms with E-state index in [0.717, 1.165) is 24.2 Å². The van der Waals surface area contributed by atoms with Gasteiger partial charge >= 0.3 is 5.97 Å². The minimum atomic E-state index is -0.973. The highest BCUT2D eigenvalue weighted by Gasteiger charge is 2.13. The standard InChI is InChI=1S/C14H22N2O2/c1-4-5-6-7-16(3)11-8-10(2)13(15)12(9-11)14(17)18/h8-9H,4-7,15H2,1-3H3,(H,17,18). The predicted octanol–water partition coefficient (Wildman–Crippen LogP) is 2.90. The molecule has 100 valence electrons. The monoisotopic (exact) mass is 250 g/mol. The summed E-state index contributed by atoms with van der Waals surface area (Å²) in [6.07, 6.45) is 3.47. The Balaban J connectivity index is 2.92. The Morgan fingerprint density at radius 2 is 2.06 bits per heavy atom. The number of aryl methyl sites for hydroxylation is 1. The second-order valence-electron chi connectivity index (χ2n) is 4.66. The van der Waals surface area contributed by atoms with Crippen LogP contribution in [0.15, 0.2) is 12.1 Å². The number of nitrogen functional groups attached to an aromatic ring is 1. The number of rotatable bonds is 6. The number of benzene rings is 1. The molecule has 0 bridgehead atoms. The number of carboxylic acids is 1. The molecular weight excluding hydrogens is 228 g/mol. The van der Waals surface area contributed by atoms with Crippen molar-refractivity contribution in [3.63, 3.8) is 0 Å². The number of nitrogens with two attached hydrogens (primary N) is 1. The average Bonchev–Trinajstić information content (AvgIpc) is 2.32. The van der Waals surface area contributed by atoms with Crippen LogP contribution in [0.4, 0.5) is 11.4 Å². The highest BCUT2D eigenvalue weighted by atomic mass is 16.4. The topological polar surface area (TPSA) is 66.6 Å². The van der Waals surface area contributed by atoms with Gasteiger partial charge in [-0.05, 0) is 31.0 Å². The fourth-order valence-corrected chi connectivity index (χ4v) is 1.90. The SMILES string of the molecule is CCCCCN(C)c1cc(C)c(N)c(C(=O)O)c1. The third-order valence-electron chi connectivity index (χ3n) is 3.14. The third-order valence-corrected chi connectivity index (χ3v) is 3.14. The fraction of sp³-hybridized carbons (Fsp3) is 0.500. The van der Waals surface area contributed by atoms with Crippen molar-refractivity contribution in [2.45, 2.75) is 33.1 Å². The van der Waals surface area contributed by atoms with Crippen LogP contribution in [0.5, 0.6) is 0 Å². The number of carboxylic acid groups (broad SMARTS) is 1. The third kappa shape index (κ3) is 3.39. The largest absolute Gasteiger partial charge is 0.478 e. The number of carbonyl (C=O) groups is 1. The van der Waals surface area contributed by atoms with Crippen LogP contribution in [-0.4, -0.2) is 24.7 Å². The van der Waals surface area contributed by atoms with E-state index in [-0.39, 0.29) is 5.56 Å². The van der Waals surface area contributed by atoms with E-state index >= 15 is 0 Å². The van der Waals surface area contributed by atoms with Gasteiger partial charge in [0.15, 0.2) is 0 Å². The number of unbranched alkanes of at least 4 members (excludes halogenated alkanes) is 2. The number of hydrogen-bond donors (Lipinski definition) is 2. The summed E-state index contributed by atoms with van der Waals surface area (Å²) in [5.74, 6) is -0.973. The van der Waals surface area contributed by atoms with Gasteiger partial charge in [0.25, 0.3) is 0 Å². The minimum absolute atomic E-state index is 0.187. The van der Waals surface area contributed by atoms with Crippen LogP contribution in [0.25, 0.3) is 0 Å². The van der Waals surface area contributed by atoms with E-state index in [2.05, 4.69) is 11.8 Å². The molecule has 0 amide bonds. The van der Waals surface area contributed by atoms with Crippen molar-refractivity contribution in [3.8, 4) is 0 Å². The van der Waals surface area contributed by atoms with E-state index in [0.29, 0.717) is 5.69 Å². The van der Waals surface area contributed by atoms with Crippen LogP contribution in [0, 0.1) is 6.92 Å². The zero-order valence-electron chi connectivity index (χ0n) is 11.4. The maximum Gasteiger partial charge on any atom is 0.337 e. The lowest BCUT2D eigenvalue weighted by Gasteiger charge is -2.21. The number of hydrogen-bond acceptors (Lipinski definition) is 3. The van der Waals surface area contributed by atoms with Gasteiger partial charge in [0.2, 0.25) is 0 Å². The molecule has 3 N–H and O–H groups in total. The molecule has 1 aromatic carbocycles. The summed E-state index contributed by atoms with van der Waals surface area (Å²) in [6, 6.07) is 3.59. The predicted molar refractivity (Wildman–Crippen MR) is 75.3 cm³/mol. The molecule has 0 spiro atoms. The number of nitrogens with zero attached hydrogens (tertiary/aromatic N) is 1. The Morgan fingerprint density at radius 3 is 2.61 bits per heavy atom. The van der Waals surface area contributed by atoms with E-state index in [1.165, 1.54) is 12.8 Å². The van der Waals surface area contributed by atoms with Gasteiger partial charge in [-0.1, -0.05) is 19.8 Å². The molecule has 0 aliphatic carbocycles. The first-order valence-corrected chi connectivity index (χ1v) is 6.32. The highest BCUT2D eigenvalue weighted by molar-refractivity contribution is 5.95. The lowest BCUT2D eigenvalue weighted by Crippen LogP contribution is -2.19. The molecule has 4 heteroatoms. The summed E-state index contributed by atoms with van der Waals surface area (Å²) in [4.78, 5) is 13.2. The zero-order valence-corrected chi connectivity index (χ0v) is 11.4. The Labute approximate surface area is 108 Å². The van der Waals surface area contributed by atoms with Crippen molar-refractivity contribution < 1.29 is 9.90 Å². The molecular formula is C14H22N2O2. The molecule has 0 radical (unpaired) electrons. The van der Waals surface area contributed by atoms with Gasteiger partial charge in [0.1, 0.15) is 0 Å². The van der Waals surface area contributed by atoms with Crippen molar-refractivity contribution in [1.82, 2.24) is 0 Å². The normalized spacial score (nSPS) is 10.4. The molecule has 0 fully saturated rings. The summed E-state index contributed by atoms with van der Waals surface area (Å²) < 4.78 is 0. The van der Waals surface area contributed by atoms with Gasteiger partial charge in [0, 0.05) is 25.0 Å². The molecule has 0 saturated carbocycles. The van der Waals surface area contributed by atoms with Crippen molar-refractivity contribution >= 4 is 17.3 Å². The molecule has 0 aliphatic rings. The maximum atomic E-state index is 11.1. The van der Waals surface area contributed by atoms with Crippen LogP contribution in [0.3, 0.4) is 0 Å². The molecule has 18 heavy (non-hydrogen) atoms. The molecule has 0 unspecified atom stereocenters. The van der Waals surface area contributed by atoms with Gasteiger partial charge in [0.05, 0.1) is 5.56 Å². The lowest BCUT2D eigenvalue weighted by molar-refractivity contribution is 0.0698. The molecule has 1 rings (SSSR count). The van der Waals surface area contributed by atoms with Crippen molar-refractivity contribution in [1.29, 1.82) is 0 Å². The Hall–Kier alpha value is -1.71. The maximum absolute atomic E-state index is 11.1. The molecule has 0 atom stereocenters. The van der Waals surface area contributed by atoms with Gasteiger partial charge < -0.3 is 15.7 Å². The van der Waals surface area contributed by atoms with Gasteiger partial charge in [-0.2, -0.15) is 0 Å². The Morgan fingerprint density at radius 1 is 1.39 bits per heavy atom. The van der Waals surface area contributed by atoms with Crippen LogP contribution < -0.4 is 10.6 Å². The average molecular weight is 250 g/mol. The van der Waals surface area contributed by atoms with E-state index in [9.17, 15) is 4.79 Å². The summed E-state index contributed by atoms with van der Waals surface area (Å²) in [6.45, 7) is 4.93. The number of anilines is 2. The fourth-order valence-electron chi connectivity index (χ4n) is 1.90. The second-order valence-corrected chi connectivity index (χ2v) is 4.66. The first-order valence-electron chi connectivity index (χ1n) is 6.32. The molecule has 4 nitrogen and oxygen atoms in total. The molecule has 0 aromatic heterocycles. The smallest absolute Gasteiger partial charge is 0.337 e. The first-order chi connectivity index (χ1) is 8.47. The van der Waals surface area contributed by atoms with E-state index in [4.69, 9.17) is 10.8 Å². The van der Waals surface area contributed by atoms with E-state index in [1.807, 2.05) is 20.0 Å². The highest BCUT2D eigenvalue weighted by Crippen LogP contribution is 2.25. The lowest BCUT2D eigenvalue weighted by atomic mass is 10.1. The van der Waals surface area contributed by atoms with Crippen LogP contribution in [0.1, 0.15) is 42.1 Å². The zero-order chi connectivity index (χ0) is 13.7. The molecule has 0 aliphatic heterocycles. The van der Waals surface area contributed by atoms with Gasteiger partial charge in [-0.15, -0.1) is 0 Å². The summed E-state index contributed by atoms with van der Waals surface area (Å²) in [5.41, 5.74) is 8.04. The Kier molecular flexibility index (Phi) is 5.01. The molecule has 0 heterocycles.